The van der Waals surface area contributed by atoms with Crippen molar-refractivity contribution < 1.29 is 9.53 Å². The Morgan fingerprint density at radius 1 is 1.56 bits per heavy atom. The van der Waals surface area contributed by atoms with Gasteiger partial charge >= 0.3 is 6.03 Å². The zero-order chi connectivity index (χ0) is 12.4. The predicted molar refractivity (Wildman–Crippen MR) is 69.8 cm³/mol. The monoisotopic (exact) mass is 267 g/mol. The third-order valence-corrected chi connectivity index (χ3v) is 4.29. The fourth-order valence-electron chi connectivity index (χ4n) is 2.38. The van der Waals surface area contributed by atoms with Crippen LogP contribution in [0.1, 0.15) is 10.9 Å². The van der Waals surface area contributed by atoms with E-state index in [0.29, 0.717) is 6.54 Å². The van der Waals surface area contributed by atoms with E-state index in [4.69, 9.17) is 4.74 Å². The molecular formula is C12H17N3O2S. The van der Waals surface area contributed by atoms with Gasteiger partial charge in [0.25, 0.3) is 0 Å². The lowest BCUT2D eigenvalue weighted by Gasteiger charge is -2.27. The largest absolute Gasteiger partial charge is 0.374 e. The van der Waals surface area contributed by atoms with Gasteiger partial charge in [0.2, 0.25) is 0 Å². The number of amides is 2. The summed E-state index contributed by atoms with van der Waals surface area (Å²) in [5.74, 6) is 0. The minimum absolute atomic E-state index is 0.0163. The van der Waals surface area contributed by atoms with Gasteiger partial charge in [0, 0.05) is 31.1 Å². The molecule has 2 aliphatic rings. The standard InChI is InChI=1S/C12H17N3O2S/c16-12-14-10(11-2-1-5-18-11)8-15(12)7-9-6-13-3-4-17-9/h1-2,5,9-10,13H,3-4,6-8H2,(H,14,16). The van der Waals surface area contributed by atoms with Crippen molar-refractivity contribution in [3.63, 3.8) is 0 Å². The average Bonchev–Trinajstić information content (AvgIpc) is 3.01. The van der Waals surface area contributed by atoms with Gasteiger partial charge in [-0.3, -0.25) is 0 Å². The number of carbonyl (C=O) groups is 1. The summed E-state index contributed by atoms with van der Waals surface area (Å²) in [7, 11) is 0. The molecule has 0 bridgehead atoms. The van der Waals surface area contributed by atoms with Gasteiger partial charge in [-0.25, -0.2) is 4.79 Å². The molecule has 2 N–H and O–H groups in total. The van der Waals surface area contributed by atoms with Crippen molar-refractivity contribution >= 4 is 17.4 Å². The molecule has 3 heterocycles. The number of hydrogen-bond donors (Lipinski definition) is 2. The molecule has 0 aromatic carbocycles. The minimum Gasteiger partial charge on any atom is -0.374 e. The molecule has 5 nitrogen and oxygen atoms in total. The van der Waals surface area contributed by atoms with Crippen LogP contribution >= 0.6 is 11.3 Å². The molecule has 0 saturated carbocycles. The molecule has 0 aliphatic carbocycles. The van der Waals surface area contributed by atoms with Crippen molar-refractivity contribution in [2.24, 2.45) is 0 Å². The van der Waals surface area contributed by atoms with Crippen LogP contribution in [0, 0.1) is 0 Å². The normalized spacial score (nSPS) is 28.4. The summed E-state index contributed by atoms with van der Waals surface area (Å²) in [4.78, 5) is 15.0. The first kappa shape index (κ1) is 12.0. The highest BCUT2D eigenvalue weighted by Crippen LogP contribution is 2.24. The number of rotatable bonds is 3. The van der Waals surface area contributed by atoms with Crippen molar-refractivity contribution in [2.45, 2.75) is 12.1 Å². The van der Waals surface area contributed by atoms with E-state index in [-0.39, 0.29) is 18.2 Å². The van der Waals surface area contributed by atoms with Crippen LogP contribution in [0.5, 0.6) is 0 Å². The second-order valence-electron chi connectivity index (χ2n) is 4.62. The Hall–Kier alpha value is -1.11. The highest BCUT2D eigenvalue weighted by atomic mass is 32.1. The van der Waals surface area contributed by atoms with Gasteiger partial charge in [-0.2, -0.15) is 0 Å². The molecule has 18 heavy (non-hydrogen) atoms. The van der Waals surface area contributed by atoms with E-state index in [9.17, 15) is 4.79 Å². The Balaban J connectivity index is 1.58. The van der Waals surface area contributed by atoms with Gasteiger partial charge in [0.15, 0.2) is 0 Å². The number of morpholine rings is 1. The Kier molecular flexibility index (Phi) is 3.49. The summed E-state index contributed by atoms with van der Waals surface area (Å²) in [6.07, 6.45) is 0.117. The number of thiophene rings is 1. The molecular weight excluding hydrogens is 250 g/mol. The Bertz CT molecular complexity index is 403. The number of nitrogens with zero attached hydrogens (tertiary/aromatic N) is 1. The molecule has 2 fully saturated rings. The maximum absolute atomic E-state index is 11.9. The van der Waals surface area contributed by atoms with Gasteiger partial charge in [-0.1, -0.05) is 6.07 Å². The predicted octanol–water partition coefficient (Wildman–Crippen LogP) is 0.803. The first-order chi connectivity index (χ1) is 8.83. The van der Waals surface area contributed by atoms with Crippen LogP contribution in [-0.4, -0.2) is 49.8 Å². The first-order valence-electron chi connectivity index (χ1n) is 6.24. The minimum atomic E-state index is 0.0163. The molecule has 0 spiro atoms. The van der Waals surface area contributed by atoms with E-state index in [1.807, 2.05) is 16.3 Å². The van der Waals surface area contributed by atoms with E-state index in [0.717, 1.165) is 26.2 Å². The second kappa shape index (κ2) is 5.26. The highest BCUT2D eigenvalue weighted by molar-refractivity contribution is 7.10. The van der Waals surface area contributed by atoms with E-state index >= 15 is 0 Å². The summed E-state index contributed by atoms with van der Waals surface area (Å²) < 4.78 is 5.63. The van der Waals surface area contributed by atoms with Gasteiger partial charge in [0.05, 0.1) is 18.8 Å². The zero-order valence-corrected chi connectivity index (χ0v) is 10.9. The van der Waals surface area contributed by atoms with Crippen LogP contribution in [0.4, 0.5) is 4.79 Å². The summed E-state index contributed by atoms with van der Waals surface area (Å²) >= 11 is 1.69. The topological polar surface area (TPSA) is 53.6 Å². The molecule has 6 heteroatoms. The van der Waals surface area contributed by atoms with Crippen LogP contribution < -0.4 is 10.6 Å². The number of ether oxygens (including phenoxy) is 1. The summed E-state index contributed by atoms with van der Waals surface area (Å²) in [5, 5.41) is 8.34. The number of carbonyl (C=O) groups excluding carboxylic acids is 1. The molecule has 1 aromatic heterocycles. The summed E-state index contributed by atoms with van der Waals surface area (Å²) in [6, 6.07) is 4.23. The quantitative estimate of drug-likeness (QED) is 0.852. The fourth-order valence-corrected chi connectivity index (χ4v) is 3.15. The van der Waals surface area contributed by atoms with Crippen molar-refractivity contribution in [3.8, 4) is 0 Å². The third-order valence-electron chi connectivity index (χ3n) is 3.30. The highest BCUT2D eigenvalue weighted by Gasteiger charge is 2.32. The molecule has 2 amide bonds. The molecule has 0 radical (unpaired) electrons. The lowest BCUT2D eigenvalue weighted by atomic mass is 10.2. The van der Waals surface area contributed by atoms with E-state index in [1.165, 1.54) is 4.88 Å². The molecule has 98 valence electrons. The number of urea groups is 1. The summed E-state index contributed by atoms with van der Waals surface area (Å²) in [6.45, 7) is 3.86. The van der Waals surface area contributed by atoms with Gasteiger partial charge in [0.1, 0.15) is 0 Å². The molecule has 1 aromatic rings. The first-order valence-corrected chi connectivity index (χ1v) is 7.12. The van der Waals surface area contributed by atoms with E-state index in [1.54, 1.807) is 11.3 Å². The lowest BCUT2D eigenvalue weighted by molar-refractivity contribution is 0.0146. The molecule has 2 aliphatic heterocycles. The van der Waals surface area contributed by atoms with Gasteiger partial charge in [-0.05, 0) is 11.4 Å². The van der Waals surface area contributed by atoms with Crippen molar-refractivity contribution in [2.75, 3.05) is 32.8 Å². The van der Waals surface area contributed by atoms with Gasteiger partial charge < -0.3 is 20.3 Å². The maximum atomic E-state index is 11.9. The SMILES string of the molecule is O=C1NC(c2cccs2)CN1CC1CNCCO1. The Labute approximate surface area is 110 Å². The second-order valence-corrected chi connectivity index (χ2v) is 5.60. The molecule has 2 saturated heterocycles. The Morgan fingerprint density at radius 3 is 3.22 bits per heavy atom. The smallest absolute Gasteiger partial charge is 0.318 e. The van der Waals surface area contributed by atoms with Crippen LogP contribution in [-0.2, 0) is 4.74 Å². The van der Waals surface area contributed by atoms with Crippen molar-refractivity contribution in [1.29, 1.82) is 0 Å². The molecule has 3 rings (SSSR count). The van der Waals surface area contributed by atoms with Gasteiger partial charge in [-0.15, -0.1) is 11.3 Å². The Morgan fingerprint density at radius 2 is 2.50 bits per heavy atom. The van der Waals surface area contributed by atoms with E-state index in [2.05, 4.69) is 16.7 Å². The molecule has 2 unspecified atom stereocenters. The van der Waals surface area contributed by atoms with Crippen molar-refractivity contribution in [1.82, 2.24) is 15.5 Å². The maximum Gasteiger partial charge on any atom is 0.318 e. The number of nitrogens with one attached hydrogen (secondary N) is 2. The summed E-state index contributed by atoms with van der Waals surface area (Å²) in [5.41, 5.74) is 0. The lowest BCUT2D eigenvalue weighted by Crippen LogP contribution is -2.46. The fraction of sp³-hybridized carbons (Fsp3) is 0.583. The van der Waals surface area contributed by atoms with Crippen molar-refractivity contribution in [3.05, 3.63) is 22.4 Å². The van der Waals surface area contributed by atoms with Crippen LogP contribution in [0.25, 0.3) is 0 Å². The van der Waals surface area contributed by atoms with E-state index < -0.39 is 0 Å². The van der Waals surface area contributed by atoms with Crippen LogP contribution in [0.3, 0.4) is 0 Å². The average molecular weight is 267 g/mol. The number of hydrogen-bond acceptors (Lipinski definition) is 4. The van der Waals surface area contributed by atoms with Crippen LogP contribution in [0.2, 0.25) is 0 Å². The molecule has 2 atom stereocenters. The van der Waals surface area contributed by atoms with Crippen LogP contribution in [0.15, 0.2) is 17.5 Å². The zero-order valence-electron chi connectivity index (χ0n) is 10.1. The third kappa shape index (κ3) is 2.50.